The molecular formula is C28H30N6O3. The minimum atomic E-state index is -0.279. The van der Waals surface area contributed by atoms with Crippen molar-refractivity contribution >= 4 is 28.2 Å². The number of ether oxygens (including phenoxy) is 2. The third-order valence-electron chi connectivity index (χ3n) is 6.44. The lowest BCUT2D eigenvalue weighted by molar-refractivity contribution is 0.102. The number of hydrogen-bond donors (Lipinski definition) is 2. The Bertz CT molecular complexity index is 1400. The number of carbonyl (C=O) groups is 1. The topological polar surface area (TPSA) is 102 Å². The van der Waals surface area contributed by atoms with E-state index >= 15 is 0 Å². The van der Waals surface area contributed by atoms with E-state index in [4.69, 9.17) is 9.47 Å². The standard InChI is InChI=1S/C28H30N6O3/c1-17-15-34(16-18(2)31-17)25-12-10-22(26-23(25)14-30-28(33-26)37-4)27(35)32-20-7-11-24(29-13-20)19-5-8-21(36-3)9-6-19/h5-14,17-18,31H,15-16H2,1-4H3,(H,32,35). The number of anilines is 2. The van der Waals surface area contributed by atoms with Crippen LogP contribution < -0.4 is 25.0 Å². The quantitative estimate of drug-likeness (QED) is 0.409. The van der Waals surface area contributed by atoms with Crippen molar-refractivity contribution in [2.75, 3.05) is 37.5 Å². The number of benzene rings is 2. The van der Waals surface area contributed by atoms with Crippen LogP contribution in [0.2, 0.25) is 0 Å². The molecule has 4 aromatic rings. The summed E-state index contributed by atoms with van der Waals surface area (Å²) < 4.78 is 10.5. The van der Waals surface area contributed by atoms with Gasteiger partial charge in [0.2, 0.25) is 0 Å². The van der Waals surface area contributed by atoms with E-state index in [1.165, 1.54) is 7.11 Å². The fraction of sp³-hybridized carbons (Fsp3) is 0.286. The van der Waals surface area contributed by atoms with Crippen LogP contribution in [0.15, 0.2) is 60.9 Å². The lowest BCUT2D eigenvalue weighted by atomic mass is 10.0. The molecule has 1 saturated heterocycles. The molecular weight excluding hydrogens is 468 g/mol. The molecule has 1 aliphatic rings. The Kier molecular flexibility index (Phi) is 6.87. The number of nitrogens with zero attached hydrogens (tertiary/aromatic N) is 4. The maximum atomic E-state index is 13.4. The Morgan fingerprint density at radius 3 is 2.35 bits per heavy atom. The molecule has 2 atom stereocenters. The highest BCUT2D eigenvalue weighted by Crippen LogP contribution is 2.31. The Labute approximate surface area is 215 Å². The normalized spacial score (nSPS) is 17.5. The van der Waals surface area contributed by atoms with Gasteiger partial charge in [-0.2, -0.15) is 4.98 Å². The molecule has 3 heterocycles. The van der Waals surface area contributed by atoms with Crippen molar-refractivity contribution in [1.82, 2.24) is 20.3 Å². The summed E-state index contributed by atoms with van der Waals surface area (Å²) >= 11 is 0. The number of pyridine rings is 1. The summed E-state index contributed by atoms with van der Waals surface area (Å²) in [6.07, 6.45) is 3.38. The van der Waals surface area contributed by atoms with E-state index in [9.17, 15) is 4.79 Å². The molecule has 0 bridgehead atoms. The van der Waals surface area contributed by atoms with Crippen LogP contribution in [0.3, 0.4) is 0 Å². The van der Waals surface area contributed by atoms with Crippen molar-refractivity contribution in [3.8, 4) is 23.0 Å². The Hall–Kier alpha value is -4.24. The zero-order valence-corrected chi connectivity index (χ0v) is 21.4. The lowest BCUT2D eigenvalue weighted by Gasteiger charge is -2.38. The molecule has 9 heteroatoms. The summed E-state index contributed by atoms with van der Waals surface area (Å²) in [7, 11) is 3.15. The zero-order valence-electron chi connectivity index (χ0n) is 21.4. The predicted octanol–water partition coefficient (Wildman–Crippen LogP) is 4.15. The highest BCUT2D eigenvalue weighted by molar-refractivity contribution is 6.13. The van der Waals surface area contributed by atoms with Crippen LogP contribution in [-0.4, -0.2) is 60.3 Å². The van der Waals surface area contributed by atoms with Gasteiger partial charge >= 0.3 is 6.01 Å². The molecule has 2 unspecified atom stereocenters. The van der Waals surface area contributed by atoms with Crippen LogP contribution in [0.4, 0.5) is 11.4 Å². The van der Waals surface area contributed by atoms with E-state index in [1.807, 2.05) is 48.5 Å². The van der Waals surface area contributed by atoms with Gasteiger partial charge in [-0.05, 0) is 62.4 Å². The van der Waals surface area contributed by atoms with Crippen molar-refractivity contribution in [3.63, 3.8) is 0 Å². The third-order valence-corrected chi connectivity index (χ3v) is 6.44. The largest absolute Gasteiger partial charge is 0.497 e. The van der Waals surface area contributed by atoms with Gasteiger partial charge in [-0.15, -0.1) is 0 Å². The van der Waals surface area contributed by atoms with E-state index in [0.717, 1.165) is 41.2 Å². The Morgan fingerprint density at radius 2 is 1.70 bits per heavy atom. The second kappa shape index (κ2) is 10.4. The number of carbonyl (C=O) groups excluding carboxylic acids is 1. The molecule has 0 saturated carbocycles. The number of amides is 1. The van der Waals surface area contributed by atoms with Crippen LogP contribution in [0, 0.1) is 0 Å². The van der Waals surface area contributed by atoms with Gasteiger partial charge in [0.1, 0.15) is 5.75 Å². The first-order chi connectivity index (χ1) is 17.9. The van der Waals surface area contributed by atoms with E-state index < -0.39 is 0 Å². The molecule has 190 valence electrons. The minimum absolute atomic E-state index is 0.214. The van der Waals surface area contributed by atoms with Crippen molar-refractivity contribution in [2.24, 2.45) is 0 Å². The van der Waals surface area contributed by atoms with Crippen molar-refractivity contribution in [2.45, 2.75) is 25.9 Å². The fourth-order valence-electron chi connectivity index (χ4n) is 4.77. The van der Waals surface area contributed by atoms with Crippen LogP contribution in [-0.2, 0) is 0 Å². The first-order valence-corrected chi connectivity index (χ1v) is 12.2. The van der Waals surface area contributed by atoms with Crippen LogP contribution in [0.1, 0.15) is 24.2 Å². The summed E-state index contributed by atoms with van der Waals surface area (Å²) in [4.78, 5) is 29.1. The van der Waals surface area contributed by atoms with Crippen molar-refractivity contribution < 1.29 is 14.3 Å². The molecule has 1 amide bonds. The third kappa shape index (κ3) is 5.17. The van der Waals surface area contributed by atoms with Gasteiger partial charge in [0.15, 0.2) is 0 Å². The number of fused-ring (bicyclic) bond motifs is 1. The SMILES string of the molecule is COc1ccc(-c2ccc(NC(=O)c3ccc(N4CC(C)NC(C)C4)c4cnc(OC)nc34)cn2)cc1. The number of aromatic nitrogens is 3. The summed E-state index contributed by atoms with van der Waals surface area (Å²) in [6, 6.07) is 16.1. The average Bonchev–Trinajstić information content (AvgIpc) is 2.92. The Balaban J connectivity index is 1.43. The average molecular weight is 499 g/mol. The second-order valence-electron chi connectivity index (χ2n) is 9.24. The minimum Gasteiger partial charge on any atom is -0.497 e. The van der Waals surface area contributed by atoms with Gasteiger partial charge in [0.25, 0.3) is 5.91 Å². The molecule has 1 fully saturated rings. The molecule has 0 aliphatic carbocycles. The molecule has 5 rings (SSSR count). The lowest BCUT2D eigenvalue weighted by Crippen LogP contribution is -2.54. The first-order valence-electron chi connectivity index (χ1n) is 12.2. The fourth-order valence-corrected chi connectivity index (χ4v) is 4.77. The number of hydrogen-bond acceptors (Lipinski definition) is 8. The number of piperazine rings is 1. The molecule has 0 radical (unpaired) electrons. The van der Waals surface area contributed by atoms with Gasteiger partial charge in [-0.25, -0.2) is 4.98 Å². The smallest absolute Gasteiger partial charge is 0.316 e. The molecule has 2 aromatic carbocycles. The van der Waals surface area contributed by atoms with Gasteiger partial charge in [-0.3, -0.25) is 9.78 Å². The van der Waals surface area contributed by atoms with Crippen LogP contribution in [0.5, 0.6) is 11.8 Å². The number of methoxy groups -OCH3 is 2. The Morgan fingerprint density at radius 1 is 0.946 bits per heavy atom. The van der Waals surface area contributed by atoms with Gasteiger partial charge in [0.05, 0.1) is 42.9 Å². The van der Waals surface area contributed by atoms with E-state index in [0.29, 0.717) is 28.9 Å². The molecule has 1 aliphatic heterocycles. The van der Waals surface area contributed by atoms with E-state index in [1.54, 1.807) is 19.5 Å². The molecule has 9 nitrogen and oxygen atoms in total. The van der Waals surface area contributed by atoms with Gasteiger partial charge in [0, 0.05) is 48.0 Å². The summed E-state index contributed by atoms with van der Waals surface area (Å²) in [5.74, 6) is 0.505. The maximum absolute atomic E-state index is 13.4. The van der Waals surface area contributed by atoms with Gasteiger partial charge in [-0.1, -0.05) is 0 Å². The predicted molar refractivity (Wildman–Crippen MR) is 145 cm³/mol. The number of rotatable bonds is 6. The van der Waals surface area contributed by atoms with Gasteiger partial charge < -0.3 is 25.0 Å². The van der Waals surface area contributed by atoms with E-state index in [2.05, 4.69) is 44.3 Å². The molecule has 0 spiro atoms. The molecule has 2 aromatic heterocycles. The summed E-state index contributed by atoms with van der Waals surface area (Å²) in [6.45, 7) is 6.03. The highest BCUT2D eigenvalue weighted by Gasteiger charge is 2.24. The van der Waals surface area contributed by atoms with Crippen LogP contribution >= 0.6 is 0 Å². The number of nitrogens with one attached hydrogen (secondary N) is 2. The highest BCUT2D eigenvalue weighted by atomic mass is 16.5. The van der Waals surface area contributed by atoms with Crippen LogP contribution in [0.25, 0.3) is 22.2 Å². The monoisotopic (exact) mass is 498 g/mol. The summed E-state index contributed by atoms with van der Waals surface area (Å²) in [5.41, 5.74) is 4.33. The van der Waals surface area contributed by atoms with Crippen molar-refractivity contribution in [1.29, 1.82) is 0 Å². The molecule has 2 N–H and O–H groups in total. The summed E-state index contributed by atoms with van der Waals surface area (Å²) in [5, 5.41) is 7.31. The second-order valence-corrected chi connectivity index (χ2v) is 9.24. The zero-order chi connectivity index (χ0) is 25.9. The molecule has 37 heavy (non-hydrogen) atoms. The van der Waals surface area contributed by atoms with Crippen molar-refractivity contribution in [3.05, 3.63) is 66.5 Å². The first kappa shape index (κ1) is 24.5. The maximum Gasteiger partial charge on any atom is 0.316 e. The van der Waals surface area contributed by atoms with E-state index in [-0.39, 0.29) is 11.9 Å².